The lowest BCUT2D eigenvalue weighted by molar-refractivity contribution is -0.142. The normalized spacial score (nSPS) is 15.6. The summed E-state index contributed by atoms with van der Waals surface area (Å²) in [6, 6.07) is 3.13. The van der Waals surface area contributed by atoms with E-state index in [0.29, 0.717) is 0 Å². The molecule has 1 aliphatic rings. The number of carbonyl (C=O) groups is 1. The van der Waals surface area contributed by atoms with E-state index in [4.69, 9.17) is 0 Å². The number of hydrogen-bond acceptors (Lipinski definition) is 3. The van der Waals surface area contributed by atoms with Gasteiger partial charge in [0.1, 0.15) is 6.54 Å². The van der Waals surface area contributed by atoms with Gasteiger partial charge in [0.25, 0.3) is 5.56 Å². The molecule has 0 aliphatic heterocycles. The number of amides is 1. The summed E-state index contributed by atoms with van der Waals surface area (Å²) in [6.07, 6.45) is -1.15. The monoisotopic (exact) mass is 367 g/mol. The molecule has 0 bridgehead atoms. The van der Waals surface area contributed by atoms with Crippen molar-refractivity contribution in [2.75, 3.05) is 0 Å². The predicted molar refractivity (Wildman–Crippen MR) is 90.9 cm³/mol. The van der Waals surface area contributed by atoms with Gasteiger partial charge in [-0.1, -0.05) is 12.8 Å². The zero-order valence-electron chi connectivity index (χ0n) is 14.6. The van der Waals surface area contributed by atoms with E-state index in [1.54, 1.807) is 19.9 Å². The molecule has 140 valence electrons. The van der Waals surface area contributed by atoms with Crippen LogP contribution >= 0.6 is 0 Å². The maximum Gasteiger partial charge on any atom is 0.438 e. The van der Waals surface area contributed by atoms with Gasteiger partial charge in [-0.25, -0.2) is 4.98 Å². The number of aromatic nitrogens is 2. The van der Waals surface area contributed by atoms with Crippen molar-refractivity contribution in [2.24, 2.45) is 0 Å². The Morgan fingerprint density at radius 3 is 2.46 bits per heavy atom. The molecule has 1 N–H and O–H groups in total. The molecular formula is C18H20F3N3O2. The number of rotatable bonds is 3. The molecule has 1 aromatic heterocycles. The Morgan fingerprint density at radius 1 is 1.23 bits per heavy atom. The van der Waals surface area contributed by atoms with E-state index in [1.807, 2.05) is 0 Å². The fourth-order valence-corrected chi connectivity index (χ4v) is 3.33. The molecule has 1 saturated carbocycles. The van der Waals surface area contributed by atoms with Crippen LogP contribution in [0.5, 0.6) is 0 Å². The molecule has 5 nitrogen and oxygen atoms in total. The van der Waals surface area contributed by atoms with Crippen LogP contribution in [-0.2, 0) is 17.5 Å². The molecule has 1 amide bonds. The Hall–Kier alpha value is -2.38. The van der Waals surface area contributed by atoms with E-state index >= 15 is 0 Å². The summed E-state index contributed by atoms with van der Waals surface area (Å²) < 4.78 is 40.6. The molecule has 3 rings (SSSR count). The molecule has 0 atom stereocenters. The lowest BCUT2D eigenvalue weighted by atomic mass is 10.1. The fraction of sp³-hybridized carbons (Fsp3) is 0.500. The maximum absolute atomic E-state index is 13.2. The lowest BCUT2D eigenvalue weighted by Crippen LogP contribution is -2.39. The van der Waals surface area contributed by atoms with Crippen molar-refractivity contribution >= 4 is 16.9 Å². The van der Waals surface area contributed by atoms with Gasteiger partial charge in [0.2, 0.25) is 11.6 Å². The highest BCUT2D eigenvalue weighted by atomic mass is 19.4. The van der Waals surface area contributed by atoms with Crippen LogP contribution in [0.3, 0.4) is 0 Å². The van der Waals surface area contributed by atoms with Gasteiger partial charge in [-0.2, -0.15) is 13.2 Å². The van der Waals surface area contributed by atoms with Crippen LogP contribution in [0.2, 0.25) is 0 Å². The van der Waals surface area contributed by atoms with Crippen molar-refractivity contribution in [2.45, 2.75) is 58.3 Å². The molecule has 2 aromatic rings. The van der Waals surface area contributed by atoms with Crippen LogP contribution in [0.4, 0.5) is 13.2 Å². The van der Waals surface area contributed by atoms with Crippen LogP contribution in [0.1, 0.15) is 42.5 Å². The molecule has 1 aliphatic carbocycles. The molecule has 0 saturated heterocycles. The average Bonchev–Trinajstić information content (AvgIpc) is 3.03. The zero-order valence-corrected chi connectivity index (χ0v) is 14.6. The second kappa shape index (κ2) is 6.74. The Kier molecular flexibility index (Phi) is 4.77. The van der Waals surface area contributed by atoms with Crippen LogP contribution in [0.15, 0.2) is 16.9 Å². The fourth-order valence-electron chi connectivity index (χ4n) is 3.33. The van der Waals surface area contributed by atoms with Crippen LogP contribution < -0.4 is 10.9 Å². The highest BCUT2D eigenvalue weighted by Gasteiger charge is 2.37. The van der Waals surface area contributed by atoms with Gasteiger partial charge in [0.05, 0.1) is 11.0 Å². The summed E-state index contributed by atoms with van der Waals surface area (Å²) in [5.74, 6) is -0.460. The van der Waals surface area contributed by atoms with Gasteiger partial charge in [0.15, 0.2) is 0 Å². The highest BCUT2D eigenvalue weighted by Crippen LogP contribution is 2.27. The van der Waals surface area contributed by atoms with Crippen molar-refractivity contribution in [3.05, 3.63) is 39.3 Å². The molecule has 1 fully saturated rings. The minimum absolute atomic E-state index is 0.0253. The number of alkyl halides is 3. The topological polar surface area (TPSA) is 64.0 Å². The van der Waals surface area contributed by atoms with Crippen LogP contribution in [0, 0.1) is 13.8 Å². The van der Waals surface area contributed by atoms with Crippen LogP contribution in [0.25, 0.3) is 11.0 Å². The number of fused-ring (bicyclic) bond motifs is 1. The number of carbonyl (C=O) groups excluding carboxylic acids is 1. The van der Waals surface area contributed by atoms with Crippen molar-refractivity contribution in [1.82, 2.24) is 14.9 Å². The Balaban J connectivity index is 2.08. The number of benzene rings is 1. The Labute approximate surface area is 148 Å². The van der Waals surface area contributed by atoms with E-state index in [9.17, 15) is 22.8 Å². The van der Waals surface area contributed by atoms with Gasteiger partial charge in [-0.15, -0.1) is 0 Å². The molecule has 26 heavy (non-hydrogen) atoms. The summed E-state index contributed by atoms with van der Waals surface area (Å²) >= 11 is 0. The second-order valence-corrected chi connectivity index (χ2v) is 6.82. The first kappa shape index (κ1) is 18.4. The van der Waals surface area contributed by atoms with E-state index in [1.165, 1.54) is 6.07 Å². The van der Waals surface area contributed by atoms with Crippen LogP contribution in [-0.4, -0.2) is 21.5 Å². The number of aryl methyl sites for hydroxylation is 2. The minimum atomic E-state index is -4.88. The standard InChI is InChI=1S/C18H20F3N3O2/c1-10-7-13-14(8-11(10)2)24(17(26)16(23-13)18(19,20)21)9-15(25)22-12-5-3-4-6-12/h7-8,12H,3-6,9H2,1-2H3,(H,22,25). The van der Waals surface area contributed by atoms with Crippen molar-refractivity contribution in [3.8, 4) is 0 Å². The number of nitrogens with zero attached hydrogens (tertiary/aromatic N) is 2. The maximum atomic E-state index is 13.2. The van der Waals surface area contributed by atoms with E-state index in [-0.39, 0.29) is 17.1 Å². The van der Waals surface area contributed by atoms with Crippen molar-refractivity contribution in [1.29, 1.82) is 0 Å². The van der Waals surface area contributed by atoms with E-state index in [0.717, 1.165) is 41.4 Å². The Morgan fingerprint density at radius 2 is 1.85 bits per heavy atom. The van der Waals surface area contributed by atoms with Gasteiger partial charge < -0.3 is 5.32 Å². The quantitative estimate of drug-likeness (QED) is 0.907. The molecule has 0 radical (unpaired) electrons. The number of halogens is 3. The predicted octanol–water partition coefficient (Wildman–Crippen LogP) is 3.09. The smallest absolute Gasteiger partial charge is 0.352 e. The first-order chi connectivity index (χ1) is 12.2. The zero-order chi connectivity index (χ0) is 19.1. The third-order valence-electron chi connectivity index (χ3n) is 4.85. The first-order valence-corrected chi connectivity index (χ1v) is 8.55. The molecule has 1 heterocycles. The third-order valence-corrected chi connectivity index (χ3v) is 4.85. The largest absolute Gasteiger partial charge is 0.438 e. The summed E-state index contributed by atoms with van der Waals surface area (Å²) in [6.45, 7) is 3.09. The third kappa shape index (κ3) is 3.59. The molecule has 8 heteroatoms. The summed E-state index contributed by atoms with van der Waals surface area (Å²) in [5, 5.41) is 2.80. The van der Waals surface area contributed by atoms with Gasteiger partial charge in [0, 0.05) is 6.04 Å². The number of nitrogens with one attached hydrogen (secondary N) is 1. The summed E-state index contributed by atoms with van der Waals surface area (Å²) in [4.78, 5) is 28.2. The van der Waals surface area contributed by atoms with E-state index < -0.39 is 29.9 Å². The summed E-state index contributed by atoms with van der Waals surface area (Å²) in [5.41, 5.74) is -0.944. The van der Waals surface area contributed by atoms with Gasteiger partial charge >= 0.3 is 6.18 Å². The molecule has 0 unspecified atom stereocenters. The molecule has 1 aromatic carbocycles. The Bertz CT molecular complexity index is 913. The SMILES string of the molecule is Cc1cc2nc(C(F)(F)F)c(=O)n(CC(=O)NC3CCCC3)c2cc1C. The average molecular weight is 367 g/mol. The first-order valence-electron chi connectivity index (χ1n) is 8.55. The van der Waals surface area contributed by atoms with Crippen molar-refractivity contribution in [3.63, 3.8) is 0 Å². The van der Waals surface area contributed by atoms with Crippen molar-refractivity contribution < 1.29 is 18.0 Å². The second-order valence-electron chi connectivity index (χ2n) is 6.82. The van der Waals surface area contributed by atoms with Gasteiger partial charge in [-0.05, 0) is 49.9 Å². The van der Waals surface area contributed by atoms with Gasteiger partial charge in [-0.3, -0.25) is 14.2 Å². The lowest BCUT2D eigenvalue weighted by Gasteiger charge is -2.16. The number of hydrogen-bond donors (Lipinski definition) is 1. The highest BCUT2D eigenvalue weighted by molar-refractivity contribution is 5.81. The molecule has 0 spiro atoms. The van der Waals surface area contributed by atoms with E-state index in [2.05, 4.69) is 10.3 Å². The molecular weight excluding hydrogens is 347 g/mol. The minimum Gasteiger partial charge on any atom is -0.352 e. The summed E-state index contributed by atoms with van der Waals surface area (Å²) in [7, 11) is 0.